The van der Waals surface area contributed by atoms with Crippen LogP contribution in [0.5, 0.6) is 0 Å². The van der Waals surface area contributed by atoms with E-state index in [0.29, 0.717) is 6.04 Å². The Labute approximate surface area is 135 Å². The van der Waals surface area contributed by atoms with Crippen LogP contribution in [0.1, 0.15) is 13.8 Å². The number of hydrogen-bond donors (Lipinski definition) is 0. The maximum atomic E-state index is 6.86. The van der Waals surface area contributed by atoms with E-state index in [1.54, 1.807) is 0 Å². The minimum Gasteiger partial charge on any atom is -0.341 e. The highest BCUT2D eigenvalue weighted by atomic mass is 35.5. The molecule has 0 aliphatic heterocycles. The van der Waals surface area contributed by atoms with Gasteiger partial charge in [0.05, 0.1) is 0 Å². The molecule has 1 nitrogen and oxygen atoms in total. The minimum absolute atomic E-state index is 0.0897. The fraction of sp³-hybridized carbons (Fsp3) is 0.294. The summed E-state index contributed by atoms with van der Waals surface area (Å²) in [5, 5.41) is 1.42. The molecular formula is C17H23BClNSi. The molecule has 0 N–H and O–H groups in total. The average Bonchev–Trinajstić information content (AvgIpc) is 2.48. The van der Waals surface area contributed by atoms with Gasteiger partial charge in [0.25, 0.3) is 0 Å². The standard InChI is InChI=1S/C17H23BClNSi/c1-15(2)20(18(19)16-11-7-5-8-12-16)21(3,4)17-13-9-6-10-14-17/h5-15H,1-4H3. The van der Waals surface area contributed by atoms with Crippen LogP contribution in [0.3, 0.4) is 0 Å². The van der Waals surface area contributed by atoms with E-state index in [9.17, 15) is 0 Å². The lowest BCUT2D eigenvalue weighted by molar-refractivity contribution is 0.532. The molecule has 4 heteroatoms. The van der Waals surface area contributed by atoms with Gasteiger partial charge in [0.1, 0.15) is 8.24 Å². The molecular weight excluding hydrogens is 293 g/mol. The second-order valence-electron chi connectivity index (χ2n) is 6.17. The van der Waals surface area contributed by atoms with Crippen LogP contribution < -0.4 is 10.6 Å². The van der Waals surface area contributed by atoms with Gasteiger partial charge in [-0.05, 0) is 16.7 Å². The molecule has 0 aliphatic rings. The first kappa shape index (κ1) is 16.3. The van der Waals surface area contributed by atoms with Crippen molar-refractivity contribution in [3.8, 4) is 0 Å². The van der Waals surface area contributed by atoms with E-state index in [2.05, 4.69) is 86.0 Å². The summed E-state index contributed by atoms with van der Waals surface area (Å²) in [6.07, 6.45) is -0.0897. The van der Waals surface area contributed by atoms with Crippen LogP contribution in [-0.2, 0) is 0 Å². The fourth-order valence-corrected chi connectivity index (χ4v) is 7.37. The molecule has 110 valence electrons. The largest absolute Gasteiger partial charge is 0.358 e. The maximum absolute atomic E-state index is 6.86. The third-order valence-electron chi connectivity index (χ3n) is 4.00. The molecule has 0 atom stereocenters. The number of nitrogens with zero attached hydrogens (tertiary/aromatic N) is 1. The Balaban J connectivity index is 2.39. The first-order valence-corrected chi connectivity index (χ1v) is 10.9. The first-order valence-electron chi connectivity index (χ1n) is 7.47. The molecule has 2 rings (SSSR count). The SMILES string of the molecule is CC(C)N(B(Cl)c1ccccc1)[Si](C)(C)c1ccccc1. The molecule has 2 aromatic rings. The summed E-state index contributed by atoms with van der Waals surface area (Å²) in [6.45, 7) is 9.22. The van der Waals surface area contributed by atoms with E-state index in [0.717, 1.165) is 0 Å². The minimum atomic E-state index is -1.82. The molecule has 0 bridgehead atoms. The predicted octanol–water partition coefficient (Wildman–Crippen LogP) is 3.44. The number of halogens is 1. The molecule has 2 aromatic carbocycles. The van der Waals surface area contributed by atoms with E-state index in [4.69, 9.17) is 11.5 Å². The molecule has 0 spiro atoms. The monoisotopic (exact) mass is 315 g/mol. The quantitative estimate of drug-likeness (QED) is 0.764. The Bertz CT molecular complexity index is 560. The smallest absolute Gasteiger partial charge is 0.341 e. The lowest BCUT2D eigenvalue weighted by Gasteiger charge is -2.42. The summed E-state index contributed by atoms with van der Waals surface area (Å²) in [6, 6.07) is 21.5. The molecule has 0 aromatic heterocycles. The Morgan fingerprint density at radius 2 is 1.38 bits per heavy atom. The topological polar surface area (TPSA) is 3.24 Å². The zero-order valence-corrected chi connectivity index (χ0v) is 15.0. The molecule has 0 radical (unpaired) electrons. The molecule has 0 heterocycles. The molecule has 0 saturated carbocycles. The number of rotatable bonds is 5. The van der Waals surface area contributed by atoms with Crippen LogP contribution >= 0.6 is 11.5 Å². The zero-order chi connectivity index (χ0) is 15.5. The second kappa shape index (κ2) is 6.82. The van der Waals surface area contributed by atoms with E-state index in [1.165, 1.54) is 10.6 Å². The van der Waals surface area contributed by atoms with Crippen molar-refractivity contribution in [1.82, 2.24) is 4.48 Å². The number of hydrogen-bond acceptors (Lipinski definition) is 1. The van der Waals surface area contributed by atoms with Crippen molar-refractivity contribution in [3.63, 3.8) is 0 Å². The molecule has 0 fully saturated rings. The van der Waals surface area contributed by atoms with Crippen LogP contribution in [0.25, 0.3) is 0 Å². The van der Waals surface area contributed by atoms with Gasteiger partial charge in [-0.2, -0.15) is 11.5 Å². The summed E-state index contributed by atoms with van der Waals surface area (Å²) in [5.74, 6) is 0. The van der Waals surface area contributed by atoms with Gasteiger partial charge in [-0.1, -0.05) is 87.6 Å². The first-order chi connectivity index (χ1) is 9.94. The van der Waals surface area contributed by atoms with E-state index < -0.39 is 8.24 Å². The summed E-state index contributed by atoms with van der Waals surface area (Å²) < 4.78 is 2.50. The van der Waals surface area contributed by atoms with Crippen molar-refractivity contribution < 1.29 is 0 Å². The lowest BCUT2D eigenvalue weighted by Crippen LogP contribution is -2.66. The maximum Gasteiger partial charge on any atom is 0.358 e. The Morgan fingerprint density at radius 3 is 1.86 bits per heavy atom. The third-order valence-corrected chi connectivity index (χ3v) is 8.44. The highest BCUT2D eigenvalue weighted by Crippen LogP contribution is 2.18. The molecule has 21 heavy (non-hydrogen) atoms. The molecule has 0 amide bonds. The summed E-state index contributed by atoms with van der Waals surface area (Å²) >= 11 is 6.86. The summed E-state index contributed by atoms with van der Waals surface area (Å²) in [7, 11) is -1.82. The van der Waals surface area contributed by atoms with E-state index in [1.807, 2.05) is 6.07 Å². The zero-order valence-electron chi connectivity index (χ0n) is 13.3. The fourth-order valence-electron chi connectivity index (χ4n) is 2.96. The Morgan fingerprint density at radius 1 is 0.905 bits per heavy atom. The Hall–Kier alpha value is -1.03. The van der Waals surface area contributed by atoms with Gasteiger partial charge in [0, 0.05) is 0 Å². The van der Waals surface area contributed by atoms with E-state index >= 15 is 0 Å². The van der Waals surface area contributed by atoms with Crippen molar-refractivity contribution in [1.29, 1.82) is 0 Å². The van der Waals surface area contributed by atoms with E-state index in [-0.39, 0.29) is 6.26 Å². The number of benzene rings is 2. The van der Waals surface area contributed by atoms with Crippen LogP contribution in [0.15, 0.2) is 60.7 Å². The molecule has 0 aliphatic carbocycles. The summed E-state index contributed by atoms with van der Waals surface area (Å²) in [4.78, 5) is 0. The normalized spacial score (nSPS) is 12.0. The Kier molecular flexibility index (Phi) is 5.31. The predicted molar refractivity (Wildman–Crippen MR) is 98.2 cm³/mol. The van der Waals surface area contributed by atoms with Gasteiger partial charge in [-0.25, -0.2) is 0 Å². The highest BCUT2D eigenvalue weighted by Gasteiger charge is 2.39. The second-order valence-corrected chi connectivity index (χ2v) is 10.8. The van der Waals surface area contributed by atoms with Crippen molar-refractivity contribution in [3.05, 3.63) is 60.7 Å². The van der Waals surface area contributed by atoms with Crippen LogP contribution in [0, 0.1) is 0 Å². The van der Waals surface area contributed by atoms with Gasteiger partial charge < -0.3 is 4.48 Å². The lowest BCUT2D eigenvalue weighted by atomic mass is 9.80. The highest BCUT2D eigenvalue weighted by molar-refractivity contribution is 7.17. The van der Waals surface area contributed by atoms with Gasteiger partial charge >= 0.3 is 6.26 Å². The van der Waals surface area contributed by atoms with Crippen molar-refractivity contribution in [2.75, 3.05) is 0 Å². The summed E-state index contributed by atoms with van der Waals surface area (Å²) in [5.41, 5.74) is 1.17. The van der Waals surface area contributed by atoms with Gasteiger partial charge in [0.15, 0.2) is 0 Å². The van der Waals surface area contributed by atoms with Crippen molar-refractivity contribution in [2.24, 2.45) is 0 Å². The van der Waals surface area contributed by atoms with Crippen molar-refractivity contribution in [2.45, 2.75) is 33.0 Å². The van der Waals surface area contributed by atoms with Gasteiger partial charge in [-0.15, -0.1) is 0 Å². The molecule has 0 saturated heterocycles. The molecule has 0 unspecified atom stereocenters. The van der Waals surface area contributed by atoms with Crippen LogP contribution in [-0.4, -0.2) is 25.0 Å². The van der Waals surface area contributed by atoms with Crippen LogP contribution in [0.2, 0.25) is 13.1 Å². The van der Waals surface area contributed by atoms with Crippen LogP contribution in [0.4, 0.5) is 0 Å². The third kappa shape index (κ3) is 3.60. The van der Waals surface area contributed by atoms with Gasteiger partial charge in [0.2, 0.25) is 0 Å². The van der Waals surface area contributed by atoms with Crippen molar-refractivity contribution >= 4 is 36.6 Å². The van der Waals surface area contributed by atoms with Gasteiger partial charge in [-0.3, -0.25) is 0 Å². The average molecular weight is 316 g/mol.